The van der Waals surface area contributed by atoms with Gasteiger partial charge in [-0.3, -0.25) is 4.79 Å². The van der Waals surface area contributed by atoms with Crippen molar-refractivity contribution in [1.82, 2.24) is 0 Å². The minimum Gasteiger partial charge on any atom is -0.278 e. The molecular formula is C6H7O+. The Hall–Kier alpha value is -0.850. The van der Waals surface area contributed by atoms with E-state index in [0.29, 0.717) is 12.2 Å². The molecule has 1 aliphatic carbocycles. The van der Waals surface area contributed by atoms with Crippen LogP contribution in [0.15, 0.2) is 24.3 Å². The lowest BCUT2D eigenvalue weighted by Crippen LogP contribution is -1.91. The van der Waals surface area contributed by atoms with Crippen LogP contribution in [0.5, 0.6) is 0 Å². The zero-order valence-electron chi connectivity index (χ0n) is 3.96. The molecule has 0 heterocycles. The van der Waals surface area contributed by atoms with Crippen LogP contribution >= 0.6 is 0 Å². The fraction of sp³-hybridized carbons (Fsp3) is 0.167. The lowest BCUT2D eigenvalue weighted by Gasteiger charge is -1.83. The Morgan fingerprint density at radius 3 is 2.57 bits per heavy atom. The van der Waals surface area contributed by atoms with Crippen LogP contribution in [0.2, 0.25) is 0 Å². The molecule has 0 aliphatic heterocycles. The Bertz CT molecular complexity index is 131. The maximum absolute atomic E-state index is 8.69. The van der Waals surface area contributed by atoms with Gasteiger partial charge in [0.1, 0.15) is 0 Å². The SMILES string of the molecule is [OH+]=C1C=CC=CC1. The zero-order valence-corrected chi connectivity index (χ0v) is 3.96. The molecule has 0 radical (unpaired) electrons. The molecule has 0 aromatic rings. The molecule has 0 aromatic heterocycles. The first-order valence-electron chi connectivity index (χ1n) is 2.27. The van der Waals surface area contributed by atoms with E-state index >= 15 is 0 Å². The maximum atomic E-state index is 8.69. The van der Waals surface area contributed by atoms with Crippen molar-refractivity contribution in [2.75, 3.05) is 0 Å². The van der Waals surface area contributed by atoms with Crippen LogP contribution in [0.25, 0.3) is 0 Å². The van der Waals surface area contributed by atoms with E-state index in [2.05, 4.69) is 0 Å². The molecule has 0 atom stereocenters. The lowest BCUT2D eigenvalue weighted by molar-refractivity contribution is 0.671. The second kappa shape index (κ2) is 1.73. The molecule has 0 amide bonds. The Kier molecular flexibility index (Phi) is 1.07. The van der Waals surface area contributed by atoms with Gasteiger partial charge in [-0.15, -0.1) is 0 Å². The van der Waals surface area contributed by atoms with E-state index in [0.717, 1.165) is 0 Å². The third-order valence-corrected chi connectivity index (χ3v) is 0.863. The molecule has 1 N–H and O–H groups in total. The summed E-state index contributed by atoms with van der Waals surface area (Å²) in [4.78, 5) is 8.69. The van der Waals surface area contributed by atoms with Crippen molar-refractivity contribution in [3.8, 4) is 0 Å². The summed E-state index contributed by atoms with van der Waals surface area (Å²) in [5.41, 5.74) is 0. The fourth-order valence-corrected chi connectivity index (χ4v) is 0.502. The van der Waals surface area contributed by atoms with Crippen LogP contribution in [0, 0.1) is 0 Å². The molecule has 1 aliphatic rings. The van der Waals surface area contributed by atoms with Crippen LogP contribution in [-0.2, 0) is 0 Å². The normalized spacial score (nSPS) is 18.0. The number of rotatable bonds is 0. The summed E-state index contributed by atoms with van der Waals surface area (Å²) in [6, 6.07) is 0. The minimum absolute atomic E-state index is 0.447. The smallest absolute Gasteiger partial charge is 0.278 e. The van der Waals surface area contributed by atoms with Gasteiger partial charge in [-0.2, -0.15) is 0 Å². The molecule has 1 heteroatoms. The first kappa shape index (κ1) is 4.31. The van der Waals surface area contributed by atoms with Crippen LogP contribution in [0.1, 0.15) is 6.42 Å². The van der Waals surface area contributed by atoms with Crippen molar-refractivity contribution in [3.05, 3.63) is 24.3 Å². The molecule has 7 heavy (non-hydrogen) atoms. The van der Waals surface area contributed by atoms with Crippen molar-refractivity contribution in [2.45, 2.75) is 6.42 Å². The molecular weight excluding hydrogens is 88.1 g/mol. The van der Waals surface area contributed by atoms with Gasteiger partial charge in [0.05, 0.1) is 6.42 Å². The highest BCUT2D eigenvalue weighted by atomic mass is 16.1. The van der Waals surface area contributed by atoms with Gasteiger partial charge in [0.2, 0.25) is 0 Å². The number of carbonyl (C=O) groups excluding carboxylic acids is 1. The third kappa shape index (κ3) is 1.000. The van der Waals surface area contributed by atoms with Gasteiger partial charge < -0.3 is 0 Å². The molecule has 0 spiro atoms. The Balaban J connectivity index is 2.66. The van der Waals surface area contributed by atoms with Crippen molar-refractivity contribution in [2.24, 2.45) is 0 Å². The van der Waals surface area contributed by atoms with Gasteiger partial charge in [-0.1, -0.05) is 18.2 Å². The number of hydrogen-bond acceptors (Lipinski definition) is 0. The topological polar surface area (TPSA) is 21.4 Å². The average molecular weight is 95.1 g/mol. The Labute approximate surface area is 42.3 Å². The van der Waals surface area contributed by atoms with Gasteiger partial charge >= 0.3 is 5.78 Å². The summed E-state index contributed by atoms with van der Waals surface area (Å²) >= 11 is 0. The standard InChI is InChI=1S/C6H6O/c7-6-4-2-1-3-5-6/h1-4H,5H2/p+1. The monoisotopic (exact) mass is 95.0 g/mol. The van der Waals surface area contributed by atoms with Gasteiger partial charge in [-0.25, -0.2) is 0 Å². The second-order valence-electron chi connectivity index (χ2n) is 1.48. The van der Waals surface area contributed by atoms with E-state index in [9.17, 15) is 0 Å². The molecule has 1 nitrogen and oxygen atoms in total. The van der Waals surface area contributed by atoms with Crippen molar-refractivity contribution < 1.29 is 4.79 Å². The summed E-state index contributed by atoms with van der Waals surface area (Å²) in [6.45, 7) is 0. The summed E-state index contributed by atoms with van der Waals surface area (Å²) < 4.78 is 0. The summed E-state index contributed by atoms with van der Waals surface area (Å²) in [6.07, 6.45) is 8.03. The molecule has 0 bridgehead atoms. The number of hydrogen-bond donors (Lipinski definition) is 0. The predicted octanol–water partition coefficient (Wildman–Crippen LogP) is 1.05. The number of ketones is 1. The van der Waals surface area contributed by atoms with E-state index in [-0.39, 0.29) is 0 Å². The summed E-state index contributed by atoms with van der Waals surface area (Å²) in [5, 5.41) is 0. The highest BCUT2D eigenvalue weighted by Crippen LogP contribution is 1.94. The van der Waals surface area contributed by atoms with E-state index in [1.54, 1.807) is 6.08 Å². The molecule has 0 unspecified atom stereocenters. The lowest BCUT2D eigenvalue weighted by atomic mass is 10.2. The van der Waals surface area contributed by atoms with E-state index in [4.69, 9.17) is 4.79 Å². The quantitative estimate of drug-likeness (QED) is 0.401. The molecule has 0 saturated heterocycles. The van der Waals surface area contributed by atoms with E-state index in [1.165, 1.54) is 0 Å². The Morgan fingerprint density at radius 1 is 1.43 bits per heavy atom. The summed E-state index contributed by atoms with van der Waals surface area (Å²) in [5.74, 6) is 0.447. The van der Waals surface area contributed by atoms with Gasteiger partial charge in [0.25, 0.3) is 0 Å². The molecule has 1 rings (SSSR count). The number of allylic oxidation sites excluding steroid dienone is 4. The highest BCUT2D eigenvalue weighted by Gasteiger charge is 2.00. The first-order valence-corrected chi connectivity index (χ1v) is 2.27. The first-order chi connectivity index (χ1) is 3.39. The zero-order chi connectivity index (χ0) is 5.11. The largest absolute Gasteiger partial charge is 0.320 e. The second-order valence-corrected chi connectivity index (χ2v) is 1.48. The third-order valence-electron chi connectivity index (χ3n) is 0.863. The van der Waals surface area contributed by atoms with Gasteiger partial charge in [0.15, 0.2) is 0 Å². The van der Waals surface area contributed by atoms with Crippen molar-refractivity contribution in [3.63, 3.8) is 0 Å². The average Bonchev–Trinajstić information content (AvgIpc) is 1.69. The molecule has 0 fully saturated rings. The van der Waals surface area contributed by atoms with Crippen LogP contribution in [0.3, 0.4) is 0 Å². The maximum Gasteiger partial charge on any atom is 0.320 e. The summed E-state index contributed by atoms with van der Waals surface area (Å²) in [7, 11) is 0. The van der Waals surface area contributed by atoms with Crippen LogP contribution in [-0.4, -0.2) is 10.6 Å². The molecule has 0 saturated carbocycles. The minimum atomic E-state index is 0.447. The predicted molar refractivity (Wildman–Crippen MR) is 29.8 cm³/mol. The van der Waals surface area contributed by atoms with Crippen LogP contribution < -0.4 is 0 Å². The van der Waals surface area contributed by atoms with Crippen molar-refractivity contribution in [1.29, 1.82) is 0 Å². The van der Waals surface area contributed by atoms with Gasteiger partial charge in [0, 0.05) is 6.08 Å². The van der Waals surface area contributed by atoms with E-state index in [1.807, 2.05) is 18.2 Å². The van der Waals surface area contributed by atoms with Gasteiger partial charge in [-0.05, 0) is 0 Å². The highest BCUT2D eigenvalue weighted by molar-refractivity contribution is 5.92. The van der Waals surface area contributed by atoms with Crippen LogP contribution in [0.4, 0.5) is 0 Å². The van der Waals surface area contributed by atoms with Crippen molar-refractivity contribution >= 4 is 5.78 Å². The Morgan fingerprint density at radius 2 is 2.29 bits per heavy atom. The van der Waals surface area contributed by atoms with E-state index < -0.39 is 0 Å². The molecule has 0 aromatic carbocycles. The fourth-order valence-electron chi connectivity index (χ4n) is 0.502. The molecule has 36 valence electrons.